The zero-order chi connectivity index (χ0) is 22.5. The summed E-state index contributed by atoms with van der Waals surface area (Å²) in [5.74, 6) is 1.74. The molecule has 3 heterocycles. The van der Waals surface area contributed by atoms with Crippen LogP contribution >= 0.6 is 0 Å². The van der Waals surface area contributed by atoms with Crippen molar-refractivity contribution in [3.8, 4) is 0 Å². The van der Waals surface area contributed by atoms with Crippen LogP contribution in [-0.4, -0.2) is 83.8 Å². The molecule has 2 aliphatic heterocycles. The number of rotatable bonds is 6. The van der Waals surface area contributed by atoms with Crippen LogP contribution in [0.5, 0.6) is 0 Å². The average Bonchev–Trinajstić information content (AvgIpc) is 3.23. The Morgan fingerprint density at radius 1 is 1.22 bits per heavy atom. The number of guanidine groups is 1. The second-order valence-corrected chi connectivity index (χ2v) is 9.52. The smallest absolute Gasteiger partial charge is 0.193 e. The van der Waals surface area contributed by atoms with Gasteiger partial charge in [-0.05, 0) is 51.4 Å². The van der Waals surface area contributed by atoms with Crippen LogP contribution in [0.4, 0.5) is 0 Å². The van der Waals surface area contributed by atoms with Gasteiger partial charge in [0.15, 0.2) is 5.96 Å². The molecule has 0 saturated carbocycles. The normalized spacial score (nSPS) is 23.3. The number of benzene rings is 1. The van der Waals surface area contributed by atoms with Crippen LogP contribution in [-0.2, 0) is 13.6 Å². The molecule has 0 aliphatic carbocycles. The zero-order valence-corrected chi connectivity index (χ0v) is 20.1. The van der Waals surface area contributed by atoms with Crippen molar-refractivity contribution in [2.24, 2.45) is 18.0 Å². The van der Waals surface area contributed by atoms with Gasteiger partial charge in [-0.25, -0.2) is 0 Å². The van der Waals surface area contributed by atoms with Crippen LogP contribution in [0.1, 0.15) is 36.4 Å². The lowest BCUT2D eigenvalue weighted by Gasteiger charge is -2.48. The number of nitrogens with one attached hydrogen (secondary N) is 1. The quantitative estimate of drug-likeness (QED) is 0.556. The molecular formula is C25H39N7. The highest BCUT2D eigenvalue weighted by Crippen LogP contribution is 2.31. The predicted molar refractivity (Wildman–Crippen MR) is 131 cm³/mol. The molecule has 0 radical (unpaired) electrons. The Balaban J connectivity index is 1.36. The van der Waals surface area contributed by atoms with Crippen molar-refractivity contribution in [2.45, 2.75) is 37.9 Å². The molecule has 1 aromatic carbocycles. The van der Waals surface area contributed by atoms with Gasteiger partial charge in [0.1, 0.15) is 0 Å². The molecule has 2 fully saturated rings. The minimum absolute atomic E-state index is 0.258. The third-order valence-corrected chi connectivity index (χ3v) is 7.11. The van der Waals surface area contributed by atoms with E-state index in [1.54, 1.807) is 0 Å². The lowest BCUT2D eigenvalue weighted by molar-refractivity contribution is 0.0371. The molecule has 0 amide bonds. The summed E-state index contributed by atoms with van der Waals surface area (Å²) in [4.78, 5) is 12.1. The molecule has 1 aromatic heterocycles. The number of aliphatic imine (C=N–C) groups is 1. The molecule has 1 N–H and O–H groups in total. The van der Waals surface area contributed by atoms with E-state index < -0.39 is 0 Å². The number of fused-ring (bicyclic) bond motifs is 1. The van der Waals surface area contributed by atoms with Crippen LogP contribution in [0.25, 0.3) is 0 Å². The van der Waals surface area contributed by atoms with Gasteiger partial charge in [0.05, 0.1) is 12.2 Å². The summed E-state index contributed by atoms with van der Waals surface area (Å²) in [5, 5.41) is 8.01. The number of piperidine rings is 2. The van der Waals surface area contributed by atoms with Gasteiger partial charge in [-0.2, -0.15) is 5.10 Å². The summed E-state index contributed by atoms with van der Waals surface area (Å²) < 4.78 is 1.87. The maximum absolute atomic E-state index is 4.64. The first-order valence-electron chi connectivity index (χ1n) is 11.9. The fourth-order valence-corrected chi connectivity index (χ4v) is 5.44. The summed E-state index contributed by atoms with van der Waals surface area (Å²) in [7, 11) is 8.12. The van der Waals surface area contributed by atoms with Gasteiger partial charge < -0.3 is 15.1 Å². The first-order chi connectivity index (χ1) is 15.5. The van der Waals surface area contributed by atoms with Crippen molar-refractivity contribution in [3.63, 3.8) is 0 Å². The highest BCUT2D eigenvalue weighted by molar-refractivity contribution is 5.80. The largest absolute Gasteiger partial charge is 0.354 e. The maximum Gasteiger partial charge on any atom is 0.193 e. The minimum Gasteiger partial charge on any atom is -0.354 e. The van der Waals surface area contributed by atoms with Crippen LogP contribution < -0.4 is 5.32 Å². The summed E-state index contributed by atoms with van der Waals surface area (Å²) in [6.07, 6.45) is 7.88. The predicted octanol–water partition coefficient (Wildman–Crippen LogP) is 2.58. The Labute approximate surface area is 193 Å². The fourth-order valence-electron chi connectivity index (χ4n) is 5.44. The van der Waals surface area contributed by atoms with Crippen molar-refractivity contribution >= 4 is 5.96 Å². The Bertz CT molecular complexity index is 875. The highest BCUT2D eigenvalue weighted by Gasteiger charge is 2.36. The molecule has 32 heavy (non-hydrogen) atoms. The summed E-state index contributed by atoms with van der Waals surface area (Å²) in [6.45, 7) is 5.26. The Morgan fingerprint density at radius 2 is 2.03 bits per heavy atom. The van der Waals surface area contributed by atoms with Gasteiger partial charge in [0, 0.05) is 58.1 Å². The topological polar surface area (TPSA) is 51.9 Å². The molecule has 3 unspecified atom stereocenters. The molecule has 2 aliphatic rings. The van der Waals surface area contributed by atoms with Crippen molar-refractivity contribution in [1.82, 2.24) is 29.8 Å². The summed E-state index contributed by atoms with van der Waals surface area (Å²) in [6, 6.07) is 11.9. The Morgan fingerprint density at radius 3 is 2.72 bits per heavy atom. The average molecular weight is 438 g/mol. The Kier molecular flexibility index (Phi) is 7.48. The second-order valence-electron chi connectivity index (χ2n) is 9.52. The summed E-state index contributed by atoms with van der Waals surface area (Å²) in [5.41, 5.74) is 2.65. The van der Waals surface area contributed by atoms with Gasteiger partial charge in [-0.1, -0.05) is 30.3 Å². The molecule has 0 bridgehead atoms. The van der Waals surface area contributed by atoms with Gasteiger partial charge in [0.2, 0.25) is 0 Å². The first kappa shape index (κ1) is 22.8. The van der Waals surface area contributed by atoms with Crippen LogP contribution in [0.3, 0.4) is 0 Å². The summed E-state index contributed by atoms with van der Waals surface area (Å²) >= 11 is 0. The molecular weight excluding hydrogens is 398 g/mol. The van der Waals surface area contributed by atoms with E-state index in [1.165, 1.54) is 36.9 Å². The van der Waals surface area contributed by atoms with Crippen molar-refractivity contribution in [2.75, 3.05) is 47.3 Å². The molecule has 0 spiro atoms. The van der Waals surface area contributed by atoms with Gasteiger partial charge in [0.25, 0.3) is 0 Å². The molecule has 7 heteroatoms. The lowest BCUT2D eigenvalue weighted by atomic mass is 9.83. The minimum atomic E-state index is 0.258. The molecule has 7 nitrogen and oxygen atoms in total. The van der Waals surface area contributed by atoms with Crippen molar-refractivity contribution in [3.05, 3.63) is 53.9 Å². The maximum atomic E-state index is 4.64. The second kappa shape index (κ2) is 10.5. The van der Waals surface area contributed by atoms with Crippen molar-refractivity contribution in [1.29, 1.82) is 0 Å². The van der Waals surface area contributed by atoms with E-state index in [1.807, 2.05) is 25.0 Å². The van der Waals surface area contributed by atoms with E-state index in [2.05, 4.69) is 80.7 Å². The number of aromatic nitrogens is 2. The standard InChI is InChI=1S/C25H39N7/c1-26-25(27-16-24(29(2)3)22-15-28-30(4)18-22)32-14-12-23-21(19-32)11-8-13-31(23)17-20-9-6-5-7-10-20/h5-7,9-10,15,18,21,23-24H,8,11-14,16-17,19H2,1-4H3,(H,26,27). The third kappa shape index (κ3) is 5.33. The van der Waals surface area contributed by atoms with E-state index in [0.717, 1.165) is 32.1 Å². The molecule has 2 saturated heterocycles. The first-order valence-corrected chi connectivity index (χ1v) is 11.9. The SMILES string of the molecule is CN=C(NCC(c1cnn(C)c1)N(C)C)N1CCC2C(CCCN2Cc2ccccc2)C1. The van der Waals surface area contributed by atoms with Gasteiger partial charge in [-0.15, -0.1) is 0 Å². The number of aryl methyl sites for hydroxylation is 1. The van der Waals surface area contributed by atoms with E-state index in [-0.39, 0.29) is 6.04 Å². The fraction of sp³-hybridized carbons (Fsp3) is 0.600. The van der Waals surface area contributed by atoms with Crippen LogP contribution in [0, 0.1) is 5.92 Å². The number of hydrogen-bond donors (Lipinski definition) is 1. The van der Waals surface area contributed by atoms with Crippen molar-refractivity contribution < 1.29 is 0 Å². The molecule has 3 atom stereocenters. The van der Waals surface area contributed by atoms with Crippen LogP contribution in [0.2, 0.25) is 0 Å². The van der Waals surface area contributed by atoms with E-state index >= 15 is 0 Å². The number of likely N-dealkylation sites (tertiary alicyclic amines) is 2. The number of nitrogens with zero attached hydrogens (tertiary/aromatic N) is 6. The van der Waals surface area contributed by atoms with Gasteiger partial charge in [-0.3, -0.25) is 14.6 Å². The lowest BCUT2D eigenvalue weighted by Crippen LogP contribution is -2.57. The molecule has 4 rings (SSSR count). The van der Waals surface area contributed by atoms with E-state index in [0.29, 0.717) is 12.0 Å². The molecule has 2 aromatic rings. The van der Waals surface area contributed by atoms with Crippen LogP contribution in [0.15, 0.2) is 47.7 Å². The Hall–Kier alpha value is -2.38. The number of hydrogen-bond acceptors (Lipinski definition) is 4. The molecule has 174 valence electrons. The number of likely N-dealkylation sites (N-methyl/N-ethyl adjacent to an activating group) is 1. The highest BCUT2D eigenvalue weighted by atomic mass is 15.3. The third-order valence-electron chi connectivity index (χ3n) is 7.11. The van der Waals surface area contributed by atoms with Gasteiger partial charge >= 0.3 is 0 Å². The monoisotopic (exact) mass is 437 g/mol. The van der Waals surface area contributed by atoms with E-state index in [4.69, 9.17) is 0 Å². The van der Waals surface area contributed by atoms with E-state index in [9.17, 15) is 0 Å². The zero-order valence-electron chi connectivity index (χ0n) is 20.1.